The lowest BCUT2D eigenvalue weighted by Crippen LogP contribution is -2.49. The minimum Gasteiger partial charge on any atom is -0.480 e. The summed E-state index contributed by atoms with van der Waals surface area (Å²) in [6, 6.07) is -1.14. The molecule has 0 saturated carbocycles. The monoisotopic (exact) mass is 253 g/mol. The maximum absolute atomic E-state index is 11.5. The minimum absolute atomic E-state index is 0.0335. The molecule has 0 aromatic carbocycles. The molecule has 0 fully saturated rings. The molecule has 16 heavy (non-hydrogen) atoms. The van der Waals surface area contributed by atoms with Crippen molar-refractivity contribution in [2.45, 2.75) is 26.8 Å². The number of methoxy groups -OCH3 is 1. The summed E-state index contributed by atoms with van der Waals surface area (Å²) in [5, 5.41) is 8.94. The van der Waals surface area contributed by atoms with Gasteiger partial charge in [-0.1, -0.05) is 20.8 Å². The average molecular weight is 253 g/mol. The van der Waals surface area contributed by atoms with Gasteiger partial charge < -0.3 is 9.84 Å². The third-order valence-corrected chi connectivity index (χ3v) is 3.27. The van der Waals surface area contributed by atoms with Crippen molar-refractivity contribution >= 4 is 16.0 Å². The van der Waals surface area contributed by atoms with E-state index in [-0.39, 0.29) is 12.4 Å². The maximum Gasteiger partial charge on any atom is 0.322 e. The van der Waals surface area contributed by atoms with Crippen molar-refractivity contribution in [3.63, 3.8) is 0 Å². The first-order valence-corrected chi connectivity index (χ1v) is 6.47. The predicted molar refractivity (Wildman–Crippen MR) is 59.7 cm³/mol. The second kappa shape index (κ2) is 5.60. The van der Waals surface area contributed by atoms with Crippen molar-refractivity contribution in [1.82, 2.24) is 4.72 Å². The van der Waals surface area contributed by atoms with Crippen molar-refractivity contribution in [1.29, 1.82) is 0 Å². The van der Waals surface area contributed by atoms with Crippen LogP contribution in [0.5, 0.6) is 0 Å². The summed E-state index contributed by atoms with van der Waals surface area (Å²) >= 11 is 0. The second-order valence-corrected chi connectivity index (χ2v) is 6.44. The molecule has 0 heterocycles. The smallest absolute Gasteiger partial charge is 0.322 e. The van der Waals surface area contributed by atoms with E-state index in [9.17, 15) is 13.2 Å². The van der Waals surface area contributed by atoms with Gasteiger partial charge in [0.1, 0.15) is 6.04 Å². The van der Waals surface area contributed by atoms with Gasteiger partial charge in [-0.2, -0.15) is 0 Å². The number of hydrogen-bond donors (Lipinski definition) is 2. The van der Waals surface area contributed by atoms with Crippen LogP contribution in [0.1, 0.15) is 20.8 Å². The fourth-order valence-electron chi connectivity index (χ4n) is 1.03. The Hall–Kier alpha value is -0.660. The zero-order valence-electron chi connectivity index (χ0n) is 9.98. The lowest BCUT2D eigenvalue weighted by atomic mass is 9.88. The molecule has 0 bridgehead atoms. The number of ether oxygens (including phenoxy) is 1. The van der Waals surface area contributed by atoms with E-state index in [1.807, 2.05) is 0 Å². The molecule has 0 rings (SSSR count). The van der Waals surface area contributed by atoms with E-state index < -0.39 is 27.4 Å². The Bertz CT molecular complexity index is 330. The quantitative estimate of drug-likeness (QED) is 0.698. The van der Waals surface area contributed by atoms with Gasteiger partial charge in [-0.15, -0.1) is 0 Å². The van der Waals surface area contributed by atoms with Crippen LogP contribution in [0.4, 0.5) is 0 Å². The highest BCUT2D eigenvalue weighted by Crippen LogP contribution is 2.20. The fraction of sp³-hybridized carbons (Fsp3) is 0.889. The van der Waals surface area contributed by atoms with Crippen LogP contribution in [0.25, 0.3) is 0 Å². The van der Waals surface area contributed by atoms with Gasteiger partial charge in [0.15, 0.2) is 0 Å². The Kier molecular flexibility index (Phi) is 5.37. The Morgan fingerprint density at radius 1 is 1.44 bits per heavy atom. The fourth-order valence-corrected chi connectivity index (χ4v) is 2.35. The molecule has 0 spiro atoms. The number of hydrogen-bond acceptors (Lipinski definition) is 4. The minimum atomic E-state index is -3.63. The van der Waals surface area contributed by atoms with E-state index in [1.165, 1.54) is 7.11 Å². The normalized spacial score (nSPS) is 14.8. The second-order valence-electron chi connectivity index (χ2n) is 4.57. The number of aliphatic carboxylic acids is 1. The zero-order valence-corrected chi connectivity index (χ0v) is 10.8. The van der Waals surface area contributed by atoms with Crippen LogP contribution in [0.3, 0.4) is 0 Å². The first kappa shape index (κ1) is 15.3. The summed E-state index contributed by atoms with van der Waals surface area (Å²) in [7, 11) is -2.24. The molecule has 0 aromatic rings. The van der Waals surface area contributed by atoms with Gasteiger partial charge in [0.2, 0.25) is 10.0 Å². The van der Waals surface area contributed by atoms with Crippen molar-refractivity contribution < 1.29 is 23.1 Å². The van der Waals surface area contributed by atoms with Gasteiger partial charge in [-0.25, -0.2) is 13.1 Å². The van der Waals surface area contributed by atoms with E-state index in [1.54, 1.807) is 20.8 Å². The summed E-state index contributed by atoms with van der Waals surface area (Å²) in [4.78, 5) is 10.9. The number of rotatable bonds is 6. The molecule has 0 aliphatic carbocycles. The van der Waals surface area contributed by atoms with Crippen molar-refractivity contribution in [3.05, 3.63) is 0 Å². The highest BCUT2D eigenvalue weighted by molar-refractivity contribution is 7.89. The molecule has 6 nitrogen and oxygen atoms in total. The van der Waals surface area contributed by atoms with Crippen LogP contribution in [-0.4, -0.2) is 45.0 Å². The molecule has 0 aliphatic heterocycles. The molecule has 0 aromatic heterocycles. The molecule has 1 unspecified atom stereocenters. The lowest BCUT2D eigenvalue weighted by molar-refractivity contribution is -0.141. The van der Waals surface area contributed by atoms with Gasteiger partial charge in [0.05, 0.1) is 12.4 Å². The summed E-state index contributed by atoms with van der Waals surface area (Å²) in [6.07, 6.45) is 0. The van der Waals surface area contributed by atoms with Gasteiger partial charge >= 0.3 is 5.97 Å². The van der Waals surface area contributed by atoms with Gasteiger partial charge in [0, 0.05) is 7.11 Å². The maximum atomic E-state index is 11.5. The first-order chi connectivity index (χ1) is 7.10. The number of sulfonamides is 1. The number of carboxylic acids is 1. The molecule has 1 atom stereocenters. The van der Waals surface area contributed by atoms with Crippen molar-refractivity contribution in [3.8, 4) is 0 Å². The molecule has 0 aliphatic rings. The number of nitrogens with one attached hydrogen (secondary N) is 1. The number of carbonyl (C=O) groups is 1. The molecule has 0 amide bonds. The Morgan fingerprint density at radius 3 is 2.25 bits per heavy atom. The largest absolute Gasteiger partial charge is 0.480 e. The van der Waals surface area contributed by atoms with E-state index in [4.69, 9.17) is 5.11 Å². The molecular formula is C9H19NO5S. The highest BCUT2D eigenvalue weighted by atomic mass is 32.2. The van der Waals surface area contributed by atoms with E-state index in [0.29, 0.717) is 0 Å². The zero-order chi connectivity index (χ0) is 13.0. The summed E-state index contributed by atoms with van der Waals surface area (Å²) in [5.41, 5.74) is -0.689. The third-order valence-electron chi connectivity index (χ3n) is 1.97. The van der Waals surface area contributed by atoms with Crippen molar-refractivity contribution in [2.75, 3.05) is 19.5 Å². The lowest BCUT2D eigenvalue weighted by Gasteiger charge is -2.27. The summed E-state index contributed by atoms with van der Waals surface area (Å²) in [5.74, 6) is -1.43. The average Bonchev–Trinajstić information content (AvgIpc) is 2.09. The van der Waals surface area contributed by atoms with Crippen LogP contribution in [-0.2, 0) is 19.6 Å². The highest BCUT2D eigenvalue weighted by Gasteiger charge is 2.34. The number of carboxylic acid groups (broad SMARTS) is 1. The van der Waals surface area contributed by atoms with Crippen LogP contribution in [0.2, 0.25) is 0 Å². The standard InChI is InChI=1S/C9H19NO5S/c1-9(2,3)7(8(11)12)10-16(13,14)6-5-15-4/h7,10H,5-6H2,1-4H3,(H,11,12). The predicted octanol–water partition coefficient (Wildman–Crippen LogP) is 0.0515. The molecule has 0 saturated heterocycles. The molecule has 96 valence electrons. The van der Waals surface area contributed by atoms with E-state index in [2.05, 4.69) is 9.46 Å². The van der Waals surface area contributed by atoms with E-state index >= 15 is 0 Å². The SMILES string of the molecule is COCCS(=O)(=O)NC(C(=O)O)C(C)(C)C. The first-order valence-electron chi connectivity index (χ1n) is 4.82. The van der Waals surface area contributed by atoms with E-state index in [0.717, 1.165) is 0 Å². The van der Waals surface area contributed by atoms with Crippen LogP contribution < -0.4 is 4.72 Å². The summed E-state index contributed by atoms with van der Waals surface area (Å²) < 4.78 is 29.8. The summed E-state index contributed by atoms with van der Waals surface area (Å²) in [6.45, 7) is 5.01. The van der Waals surface area contributed by atoms with Gasteiger partial charge in [0.25, 0.3) is 0 Å². The topological polar surface area (TPSA) is 92.7 Å². The van der Waals surface area contributed by atoms with Gasteiger partial charge in [-0.3, -0.25) is 4.79 Å². The Labute approximate surface area is 96.0 Å². The molecule has 2 N–H and O–H groups in total. The molecule has 0 radical (unpaired) electrons. The van der Waals surface area contributed by atoms with Crippen LogP contribution in [0.15, 0.2) is 0 Å². The Balaban J connectivity index is 4.71. The molecule has 7 heteroatoms. The third kappa shape index (κ3) is 5.43. The van der Waals surface area contributed by atoms with Gasteiger partial charge in [-0.05, 0) is 5.41 Å². The van der Waals surface area contributed by atoms with Crippen LogP contribution >= 0.6 is 0 Å². The molecular weight excluding hydrogens is 234 g/mol. The Morgan fingerprint density at radius 2 is 1.94 bits per heavy atom. The van der Waals surface area contributed by atoms with Crippen molar-refractivity contribution in [2.24, 2.45) is 5.41 Å². The van der Waals surface area contributed by atoms with Crippen LogP contribution in [0, 0.1) is 5.41 Å².